The zero-order valence-corrected chi connectivity index (χ0v) is 8.23. The van der Waals surface area contributed by atoms with Gasteiger partial charge in [0.15, 0.2) is 0 Å². The molecule has 0 unspecified atom stereocenters. The van der Waals surface area contributed by atoms with Gasteiger partial charge in [0.2, 0.25) is 0 Å². The van der Waals surface area contributed by atoms with Crippen LogP contribution >= 0.6 is 0 Å². The summed E-state index contributed by atoms with van der Waals surface area (Å²) in [7, 11) is 0. The first-order chi connectivity index (χ1) is 6.59. The Bertz CT molecular complexity index is 304. The summed E-state index contributed by atoms with van der Waals surface area (Å²) in [6, 6.07) is 7.11. The van der Waals surface area contributed by atoms with Crippen LogP contribution in [0.15, 0.2) is 24.3 Å². The van der Waals surface area contributed by atoms with Crippen molar-refractivity contribution in [1.82, 2.24) is 0 Å². The molecule has 3 nitrogen and oxygen atoms in total. The molecular formula is C11H15NO2. The molecule has 0 bridgehead atoms. The second-order valence-corrected chi connectivity index (χ2v) is 3.52. The van der Waals surface area contributed by atoms with E-state index in [-0.39, 0.29) is 6.04 Å². The summed E-state index contributed by atoms with van der Waals surface area (Å²) in [4.78, 5) is 10.6. The van der Waals surface area contributed by atoms with Gasteiger partial charge in [-0.3, -0.25) is 0 Å². The minimum absolute atomic E-state index is 0.189. The third-order valence-corrected chi connectivity index (χ3v) is 2.09. The summed E-state index contributed by atoms with van der Waals surface area (Å²) in [5.41, 5.74) is 7.08. The topological polar surface area (TPSA) is 63.3 Å². The molecule has 0 aromatic heterocycles. The Morgan fingerprint density at radius 3 is 2.43 bits per heavy atom. The van der Waals surface area contributed by atoms with Crippen LogP contribution in [0.25, 0.3) is 0 Å². The van der Waals surface area contributed by atoms with Crippen molar-refractivity contribution >= 4 is 5.97 Å². The lowest BCUT2D eigenvalue weighted by Gasteiger charge is -2.04. The lowest BCUT2D eigenvalue weighted by Crippen LogP contribution is -2.15. The molecule has 0 radical (unpaired) electrons. The molecule has 0 heterocycles. The van der Waals surface area contributed by atoms with Crippen molar-refractivity contribution in [2.45, 2.75) is 25.8 Å². The quantitative estimate of drug-likeness (QED) is 0.764. The first-order valence-corrected chi connectivity index (χ1v) is 4.67. The number of hydrogen-bond donors (Lipinski definition) is 2. The van der Waals surface area contributed by atoms with Crippen molar-refractivity contribution in [2.75, 3.05) is 0 Å². The van der Waals surface area contributed by atoms with E-state index in [0.717, 1.165) is 18.4 Å². The molecule has 0 amide bonds. The van der Waals surface area contributed by atoms with Crippen molar-refractivity contribution in [3.63, 3.8) is 0 Å². The molecule has 14 heavy (non-hydrogen) atoms. The normalized spacial score (nSPS) is 12.4. The van der Waals surface area contributed by atoms with Gasteiger partial charge in [-0.2, -0.15) is 0 Å². The smallest absolute Gasteiger partial charge is 0.335 e. The molecule has 3 heteroatoms. The van der Waals surface area contributed by atoms with Gasteiger partial charge >= 0.3 is 5.97 Å². The summed E-state index contributed by atoms with van der Waals surface area (Å²) < 4.78 is 0. The maximum absolute atomic E-state index is 10.6. The van der Waals surface area contributed by atoms with E-state index in [9.17, 15) is 4.79 Å². The monoisotopic (exact) mass is 193 g/mol. The van der Waals surface area contributed by atoms with E-state index >= 15 is 0 Å². The molecule has 0 saturated carbocycles. The van der Waals surface area contributed by atoms with Crippen LogP contribution in [0.1, 0.15) is 29.3 Å². The van der Waals surface area contributed by atoms with Crippen LogP contribution in [-0.2, 0) is 6.42 Å². The van der Waals surface area contributed by atoms with Crippen LogP contribution in [0.5, 0.6) is 0 Å². The van der Waals surface area contributed by atoms with Gasteiger partial charge < -0.3 is 10.8 Å². The highest BCUT2D eigenvalue weighted by Crippen LogP contribution is 2.07. The number of hydrogen-bond acceptors (Lipinski definition) is 2. The van der Waals surface area contributed by atoms with E-state index in [1.165, 1.54) is 0 Å². The third-order valence-electron chi connectivity index (χ3n) is 2.09. The first kappa shape index (κ1) is 10.7. The lowest BCUT2D eigenvalue weighted by molar-refractivity contribution is 0.0697. The summed E-state index contributed by atoms with van der Waals surface area (Å²) in [6.07, 6.45) is 1.82. The number of carbonyl (C=O) groups is 1. The van der Waals surface area contributed by atoms with E-state index in [2.05, 4.69) is 0 Å². The summed E-state index contributed by atoms with van der Waals surface area (Å²) in [5.74, 6) is -0.885. The van der Waals surface area contributed by atoms with Crippen molar-refractivity contribution in [3.05, 3.63) is 35.4 Å². The number of aryl methyl sites for hydroxylation is 1. The Hall–Kier alpha value is -1.35. The summed E-state index contributed by atoms with van der Waals surface area (Å²) in [6.45, 7) is 1.96. The molecule has 1 atom stereocenters. The Morgan fingerprint density at radius 1 is 1.43 bits per heavy atom. The van der Waals surface area contributed by atoms with E-state index < -0.39 is 5.97 Å². The Morgan fingerprint density at radius 2 is 2.00 bits per heavy atom. The van der Waals surface area contributed by atoms with Crippen molar-refractivity contribution in [1.29, 1.82) is 0 Å². The van der Waals surface area contributed by atoms with Crippen LogP contribution in [-0.4, -0.2) is 17.1 Å². The van der Waals surface area contributed by atoms with Crippen LogP contribution in [0.4, 0.5) is 0 Å². The Labute approximate surface area is 83.6 Å². The average Bonchev–Trinajstić information content (AvgIpc) is 2.15. The molecule has 0 fully saturated rings. The largest absolute Gasteiger partial charge is 0.478 e. The van der Waals surface area contributed by atoms with Crippen molar-refractivity contribution in [2.24, 2.45) is 5.73 Å². The molecule has 1 aromatic rings. The molecule has 0 spiro atoms. The van der Waals surface area contributed by atoms with Gasteiger partial charge in [0.05, 0.1) is 5.56 Å². The molecule has 1 aromatic carbocycles. The molecule has 1 rings (SSSR count). The predicted molar refractivity (Wildman–Crippen MR) is 55.4 cm³/mol. The van der Waals surface area contributed by atoms with Gasteiger partial charge in [0.25, 0.3) is 0 Å². The highest BCUT2D eigenvalue weighted by molar-refractivity contribution is 5.87. The highest BCUT2D eigenvalue weighted by atomic mass is 16.4. The summed E-state index contributed by atoms with van der Waals surface area (Å²) in [5, 5.41) is 8.67. The number of rotatable bonds is 4. The van der Waals surface area contributed by atoms with Crippen LogP contribution < -0.4 is 5.73 Å². The van der Waals surface area contributed by atoms with Crippen LogP contribution in [0.3, 0.4) is 0 Å². The lowest BCUT2D eigenvalue weighted by atomic mass is 10.1. The predicted octanol–water partition coefficient (Wildman–Crippen LogP) is 1.66. The van der Waals surface area contributed by atoms with E-state index in [0.29, 0.717) is 5.56 Å². The SMILES string of the molecule is C[C@@H](N)CCc1ccc(C(=O)O)cc1. The highest BCUT2D eigenvalue weighted by Gasteiger charge is 2.02. The molecular weight excluding hydrogens is 178 g/mol. The average molecular weight is 193 g/mol. The van der Waals surface area contributed by atoms with E-state index in [4.69, 9.17) is 10.8 Å². The Balaban J connectivity index is 2.60. The molecule has 3 N–H and O–H groups in total. The van der Waals surface area contributed by atoms with Gasteiger partial charge in [0.1, 0.15) is 0 Å². The van der Waals surface area contributed by atoms with Gasteiger partial charge in [-0.15, -0.1) is 0 Å². The molecule has 0 aliphatic carbocycles. The number of carboxylic acids is 1. The standard InChI is InChI=1S/C11H15NO2/c1-8(12)2-3-9-4-6-10(7-5-9)11(13)14/h4-8H,2-3,12H2,1H3,(H,13,14)/t8-/m1/s1. The fourth-order valence-corrected chi connectivity index (χ4v) is 1.21. The second-order valence-electron chi connectivity index (χ2n) is 3.52. The Kier molecular flexibility index (Phi) is 3.65. The zero-order chi connectivity index (χ0) is 10.6. The van der Waals surface area contributed by atoms with Gasteiger partial charge in [-0.1, -0.05) is 12.1 Å². The summed E-state index contributed by atoms with van der Waals surface area (Å²) >= 11 is 0. The number of aromatic carboxylic acids is 1. The van der Waals surface area contributed by atoms with Crippen molar-refractivity contribution in [3.8, 4) is 0 Å². The first-order valence-electron chi connectivity index (χ1n) is 4.67. The van der Waals surface area contributed by atoms with Crippen molar-refractivity contribution < 1.29 is 9.90 Å². The number of benzene rings is 1. The third kappa shape index (κ3) is 3.18. The maximum atomic E-state index is 10.6. The maximum Gasteiger partial charge on any atom is 0.335 e. The van der Waals surface area contributed by atoms with E-state index in [1.54, 1.807) is 12.1 Å². The molecule has 76 valence electrons. The fourth-order valence-electron chi connectivity index (χ4n) is 1.21. The van der Waals surface area contributed by atoms with Gasteiger partial charge in [-0.05, 0) is 37.5 Å². The fraction of sp³-hybridized carbons (Fsp3) is 0.364. The zero-order valence-electron chi connectivity index (χ0n) is 8.23. The number of carboxylic acid groups (broad SMARTS) is 1. The molecule has 0 saturated heterocycles. The van der Waals surface area contributed by atoms with Gasteiger partial charge in [0, 0.05) is 6.04 Å². The van der Waals surface area contributed by atoms with Crippen LogP contribution in [0.2, 0.25) is 0 Å². The minimum Gasteiger partial charge on any atom is -0.478 e. The number of nitrogens with two attached hydrogens (primary N) is 1. The van der Waals surface area contributed by atoms with Crippen LogP contribution in [0, 0.1) is 0 Å². The van der Waals surface area contributed by atoms with E-state index in [1.807, 2.05) is 19.1 Å². The van der Waals surface area contributed by atoms with Gasteiger partial charge in [-0.25, -0.2) is 4.79 Å². The second kappa shape index (κ2) is 4.77. The molecule has 0 aliphatic heterocycles. The minimum atomic E-state index is -0.885. The molecule has 0 aliphatic rings.